The van der Waals surface area contributed by atoms with E-state index in [1.54, 1.807) is 42.6 Å². The van der Waals surface area contributed by atoms with Gasteiger partial charge in [-0.25, -0.2) is 17.8 Å². The first-order valence-electron chi connectivity index (χ1n) is 12.4. The Hall–Kier alpha value is -3.29. The Morgan fingerprint density at radius 1 is 1.03 bits per heavy atom. The Bertz CT molecular complexity index is 1680. The molecular weight excluding hydrogens is 562 g/mol. The number of hydrogen-bond acceptors (Lipinski definition) is 9. The second-order valence-electron chi connectivity index (χ2n) is 9.64. The van der Waals surface area contributed by atoms with Gasteiger partial charge in [0.1, 0.15) is 21.6 Å². The highest BCUT2D eigenvalue weighted by molar-refractivity contribution is 8.26. The fraction of sp³-hybridized carbons (Fsp3) is 0.308. The minimum atomic E-state index is -3.21. The number of pyridine rings is 1. The molecule has 3 aliphatic heterocycles. The standard InChI is InChI=1S/C26H24FN5O4S3/c27-17-4-6-18(7-5-17)29-10-12-30(13-11-29)23-20(24(33)31-9-2-1-3-22(31)28-23)15-21-25(34)32(26(37)38-21)19-8-14-39(35,36)16-19/h1-7,9,15,19H,8,10-14,16H2. The fourth-order valence-corrected chi connectivity index (χ4v) is 8.27. The molecule has 5 heterocycles. The molecule has 202 valence electrons. The number of anilines is 2. The second-order valence-corrected chi connectivity index (χ2v) is 13.5. The van der Waals surface area contributed by atoms with Crippen molar-refractivity contribution in [2.45, 2.75) is 12.5 Å². The third-order valence-corrected chi connectivity index (χ3v) is 10.3. The van der Waals surface area contributed by atoms with Crippen molar-refractivity contribution in [3.05, 3.63) is 75.3 Å². The molecule has 1 unspecified atom stereocenters. The number of thiocarbonyl (C=S) groups is 1. The van der Waals surface area contributed by atoms with Gasteiger partial charge in [0, 0.05) is 38.1 Å². The Kier molecular flexibility index (Phi) is 6.68. The number of carbonyl (C=O) groups excluding carboxylic acids is 1. The lowest BCUT2D eigenvalue weighted by Crippen LogP contribution is -2.47. The van der Waals surface area contributed by atoms with Crippen LogP contribution in [-0.2, 0) is 14.6 Å². The van der Waals surface area contributed by atoms with E-state index in [0.717, 1.165) is 17.4 Å². The van der Waals surface area contributed by atoms with E-state index in [2.05, 4.69) is 4.90 Å². The van der Waals surface area contributed by atoms with E-state index in [1.807, 2.05) is 4.90 Å². The summed E-state index contributed by atoms with van der Waals surface area (Å²) in [6.45, 7) is 2.40. The maximum atomic E-state index is 13.7. The van der Waals surface area contributed by atoms with Crippen LogP contribution in [0.4, 0.5) is 15.9 Å². The molecule has 0 saturated carbocycles. The van der Waals surface area contributed by atoms with Crippen molar-refractivity contribution in [1.82, 2.24) is 14.3 Å². The van der Waals surface area contributed by atoms with Gasteiger partial charge in [0.2, 0.25) is 0 Å². The number of sulfone groups is 1. The van der Waals surface area contributed by atoms with Gasteiger partial charge in [0.25, 0.3) is 11.5 Å². The molecule has 39 heavy (non-hydrogen) atoms. The average molecular weight is 586 g/mol. The molecule has 3 aromatic rings. The summed E-state index contributed by atoms with van der Waals surface area (Å²) in [6.07, 6.45) is 3.51. The van der Waals surface area contributed by atoms with Crippen LogP contribution in [0, 0.1) is 5.82 Å². The molecule has 0 spiro atoms. The predicted octanol–water partition coefficient (Wildman–Crippen LogP) is 2.55. The fourth-order valence-electron chi connectivity index (χ4n) is 5.19. The molecule has 1 atom stereocenters. The molecule has 3 aliphatic rings. The third kappa shape index (κ3) is 4.94. The number of piperazine rings is 1. The zero-order chi connectivity index (χ0) is 27.3. The highest BCUT2D eigenvalue weighted by Gasteiger charge is 2.42. The van der Waals surface area contributed by atoms with Crippen molar-refractivity contribution in [3.8, 4) is 0 Å². The summed E-state index contributed by atoms with van der Waals surface area (Å²) in [5, 5.41) is 0. The lowest BCUT2D eigenvalue weighted by molar-refractivity contribution is -0.123. The van der Waals surface area contributed by atoms with E-state index >= 15 is 0 Å². The average Bonchev–Trinajstić information content (AvgIpc) is 3.42. The summed E-state index contributed by atoms with van der Waals surface area (Å²) >= 11 is 6.52. The zero-order valence-corrected chi connectivity index (χ0v) is 23.1. The minimum absolute atomic E-state index is 0.0256. The van der Waals surface area contributed by atoms with Crippen LogP contribution in [0.2, 0.25) is 0 Å². The van der Waals surface area contributed by atoms with E-state index in [4.69, 9.17) is 17.2 Å². The van der Waals surface area contributed by atoms with Crippen molar-refractivity contribution in [2.75, 3.05) is 47.5 Å². The highest BCUT2D eigenvalue weighted by atomic mass is 32.2. The molecule has 1 amide bonds. The summed E-state index contributed by atoms with van der Waals surface area (Å²) < 4.78 is 39.1. The number of nitrogens with zero attached hydrogens (tertiary/aromatic N) is 5. The SMILES string of the molecule is O=C1C(=Cc2c(N3CCN(c4ccc(F)cc4)CC3)nc3ccccn3c2=O)SC(=S)N1C1CCS(=O)(=O)C1. The van der Waals surface area contributed by atoms with Gasteiger partial charge in [-0.15, -0.1) is 0 Å². The van der Waals surface area contributed by atoms with Gasteiger partial charge in [-0.05, 0) is 48.9 Å². The van der Waals surface area contributed by atoms with Crippen LogP contribution < -0.4 is 15.4 Å². The summed E-state index contributed by atoms with van der Waals surface area (Å²) in [5.74, 6) is -0.299. The predicted molar refractivity (Wildman–Crippen MR) is 154 cm³/mol. The van der Waals surface area contributed by atoms with E-state index in [1.165, 1.54) is 21.4 Å². The van der Waals surface area contributed by atoms with Crippen LogP contribution in [0.1, 0.15) is 12.0 Å². The van der Waals surface area contributed by atoms with E-state index < -0.39 is 21.8 Å². The Labute approximate surface area is 233 Å². The number of fused-ring (bicyclic) bond motifs is 1. The maximum absolute atomic E-state index is 13.7. The zero-order valence-electron chi connectivity index (χ0n) is 20.7. The quantitative estimate of drug-likeness (QED) is 0.338. The van der Waals surface area contributed by atoms with Gasteiger partial charge in [-0.2, -0.15) is 0 Å². The van der Waals surface area contributed by atoms with Gasteiger partial charge >= 0.3 is 0 Å². The molecule has 1 aromatic carbocycles. The third-order valence-electron chi connectivity index (χ3n) is 7.19. The van der Waals surface area contributed by atoms with Crippen LogP contribution in [0.3, 0.4) is 0 Å². The largest absolute Gasteiger partial charge is 0.368 e. The molecule has 0 aliphatic carbocycles. The number of benzene rings is 1. The molecule has 9 nitrogen and oxygen atoms in total. The topological polar surface area (TPSA) is 95.3 Å². The van der Waals surface area contributed by atoms with Gasteiger partial charge in [-0.3, -0.25) is 18.9 Å². The Balaban J connectivity index is 1.34. The van der Waals surface area contributed by atoms with E-state index in [0.29, 0.717) is 44.1 Å². The normalized spacial score (nSPS) is 22.4. The van der Waals surface area contributed by atoms with E-state index in [-0.39, 0.29) is 37.7 Å². The number of thioether (sulfide) groups is 1. The Morgan fingerprint density at radius 2 is 1.74 bits per heavy atom. The van der Waals surface area contributed by atoms with Gasteiger partial charge in [0.05, 0.1) is 28.0 Å². The molecule has 2 aromatic heterocycles. The molecular formula is C26H24FN5O4S3. The molecule has 13 heteroatoms. The summed E-state index contributed by atoms with van der Waals surface area (Å²) in [7, 11) is -3.21. The molecule has 0 N–H and O–H groups in total. The van der Waals surface area contributed by atoms with Crippen LogP contribution in [0.25, 0.3) is 11.7 Å². The van der Waals surface area contributed by atoms with Crippen molar-refractivity contribution in [1.29, 1.82) is 0 Å². The smallest absolute Gasteiger partial charge is 0.267 e. The Morgan fingerprint density at radius 3 is 2.44 bits per heavy atom. The highest BCUT2D eigenvalue weighted by Crippen LogP contribution is 2.37. The van der Waals surface area contributed by atoms with Crippen molar-refractivity contribution in [3.63, 3.8) is 0 Å². The van der Waals surface area contributed by atoms with Gasteiger partial charge < -0.3 is 9.80 Å². The van der Waals surface area contributed by atoms with Crippen LogP contribution in [0.15, 0.2) is 58.4 Å². The number of rotatable bonds is 4. The van der Waals surface area contributed by atoms with Crippen LogP contribution in [-0.4, -0.2) is 76.7 Å². The van der Waals surface area contributed by atoms with Crippen molar-refractivity contribution < 1.29 is 17.6 Å². The van der Waals surface area contributed by atoms with Gasteiger partial charge in [0.15, 0.2) is 9.84 Å². The molecule has 6 rings (SSSR count). The maximum Gasteiger partial charge on any atom is 0.267 e. The van der Waals surface area contributed by atoms with Crippen LogP contribution in [0.5, 0.6) is 0 Å². The number of amides is 1. The first-order valence-corrected chi connectivity index (χ1v) is 15.5. The first-order chi connectivity index (χ1) is 18.7. The lowest BCUT2D eigenvalue weighted by atomic mass is 10.2. The first kappa shape index (κ1) is 26.0. The molecule has 0 bridgehead atoms. The molecule has 3 saturated heterocycles. The lowest BCUT2D eigenvalue weighted by Gasteiger charge is -2.37. The number of halogens is 1. The monoisotopic (exact) mass is 585 g/mol. The van der Waals surface area contributed by atoms with E-state index in [9.17, 15) is 22.4 Å². The minimum Gasteiger partial charge on any atom is -0.368 e. The molecule has 3 fully saturated rings. The molecule has 0 radical (unpaired) electrons. The van der Waals surface area contributed by atoms with Crippen molar-refractivity contribution in [2.24, 2.45) is 0 Å². The number of carbonyl (C=O) groups is 1. The number of aromatic nitrogens is 2. The summed E-state index contributed by atoms with van der Waals surface area (Å²) in [5.41, 5.74) is 1.36. The van der Waals surface area contributed by atoms with Gasteiger partial charge in [-0.1, -0.05) is 30.0 Å². The second kappa shape index (κ2) is 10.0. The van der Waals surface area contributed by atoms with Crippen LogP contribution >= 0.6 is 24.0 Å². The summed E-state index contributed by atoms with van der Waals surface area (Å²) in [6, 6.07) is 11.2. The summed E-state index contributed by atoms with van der Waals surface area (Å²) in [4.78, 5) is 37.7. The number of hydrogen-bond donors (Lipinski definition) is 0. The van der Waals surface area contributed by atoms with Crippen molar-refractivity contribution >= 4 is 67.3 Å².